The van der Waals surface area contributed by atoms with Crippen molar-refractivity contribution in [1.82, 2.24) is 0 Å². The van der Waals surface area contributed by atoms with Crippen LogP contribution in [-0.2, 0) is 6.61 Å². The average Bonchev–Trinajstić information content (AvgIpc) is 2.31. The molecule has 0 aromatic heterocycles. The van der Waals surface area contributed by atoms with E-state index in [-0.39, 0.29) is 12.7 Å². The average molecular weight is 204 g/mol. The van der Waals surface area contributed by atoms with E-state index in [1.54, 1.807) is 0 Å². The molecule has 1 aliphatic carbocycles. The molecular weight excluding hydrogens is 188 g/mol. The minimum atomic E-state index is 0.0672. The van der Waals surface area contributed by atoms with Crippen LogP contribution < -0.4 is 4.74 Å². The molecule has 2 heteroatoms. The first kappa shape index (κ1) is 10.2. The van der Waals surface area contributed by atoms with Gasteiger partial charge in [0, 0.05) is 0 Å². The molecule has 1 aromatic rings. The fourth-order valence-electron chi connectivity index (χ4n) is 1.77. The van der Waals surface area contributed by atoms with Crippen LogP contribution in [0.3, 0.4) is 0 Å². The molecule has 15 heavy (non-hydrogen) atoms. The number of benzene rings is 1. The molecular formula is C13H16O2. The molecule has 0 saturated heterocycles. The second kappa shape index (κ2) is 4.99. The first-order chi connectivity index (χ1) is 7.38. The highest BCUT2D eigenvalue weighted by Gasteiger charge is 2.09. The largest absolute Gasteiger partial charge is 0.486 e. The van der Waals surface area contributed by atoms with Crippen molar-refractivity contribution in [2.45, 2.75) is 32.0 Å². The lowest BCUT2D eigenvalue weighted by atomic mass is 10.1. The van der Waals surface area contributed by atoms with E-state index in [2.05, 4.69) is 12.2 Å². The molecule has 1 N–H and O–H groups in total. The Hall–Kier alpha value is -1.28. The Balaban J connectivity index is 2.03. The number of hydrogen-bond donors (Lipinski definition) is 1. The van der Waals surface area contributed by atoms with E-state index in [1.807, 2.05) is 24.3 Å². The zero-order chi connectivity index (χ0) is 10.5. The zero-order valence-corrected chi connectivity index (χ0v) is 8.73. The summed E-state index contributed by atoms with van der Waals surface area (Å²) in [6.07, 6.45) is 7.93. The molecule has 0 aliphatic heterocycles. The van der Waals surface area contributed by atoms with Gasteiger partial charge < -0.3 is 9.84 Å². The van der Waals surface area contributed by atoms with E-state index < -0.39 is 0 Å². The highest BCUT2D eigenvalue weighted by molar-refractivity contribution is 5.28. The lowest BCUT2D eigenvalue weighted by molar-refractivity contribution is 0.228. The standard InChI is InChI=1S/C13H16O2/c14-10-11-5-4-8-13(9-11)15-12-6-2-1-3-7-12/h2,4-6,8-9,12,14H,1,3,7,10H2. The Morgan fingerprint density at radius 1 is 1.40 bits per heavy atom. The SMILES string of the molecule is OCc1cccc(OC2C=CCCC2)c1. The van der Waals surface area contributed by atoms with Gasteiger partial charge in [-0.15, -0.1) is 0 Å². The van der Waals surface area contributed by atoms with Crippen LogP contribution in [0.4, 0.5) is 0 Å². The molecule has 1 aromatic carbocycles. The van der Waals surface area contributed by atoms with Crippen LogP contribution >= 0.6 is 0 Å². The molecule has 2 nitrogen and oxygen atoms in total. The van der Waals surface area contributed by atoms with Gasteiger partial charge in [-0.1, -0.05) is 18.2 Å². The van der Waals surface area contributed by atoms with E-state index >= 15 is 0 Å². The normalized spacial score (nSPS) is 20.2. The second-order valence-electron chi connectivity index (χ2n) is 3.82. The summed E-state index contributed by atoms with van der Waals surface area (Å²) in [5.74, 6) is 0.845. The lowest BCUT2D eigenvalue weighted by Crippen LogP contribution is -2.15. The molecule has 2 rings (SSSR count). The summed E-state index contributed by atoms with van der Waals surface area (Å²) in [6, 6.07) is 7.63. The summed E-state index contributed by atoms with van der Waals surface area (Å²) in [6.45, 7) is 0.0672. The monoisotopic (exact) mass is 204 g/mol. The van der Waals surface area contributed by atoms with Crippen molar-refractivity contribution in [3.63, 3.8) is 0 Å². The highest BCUT2D eigenvalue weighted by atomic mass is 16.5. The number of aliphatic hydroxyl groups excluding tert-OH is 1. The number of hydrogen-bond acceptors (Lipinski definition) is 2. The topological polar surface area (TPSA) is 29.5 Å². The molecule has 80 valence electrons. The predicted octanol–water partition coefficient (Wildman–Crippen LogP) is 2.67. The van der Waals surface area contributed by atoms with E-state index in [1.165, 1.54) is 6.42 Å². The van der Waals surface area contributed by atoms with Gasteiger partial charge in [-0.2, -0.15) is 0 Å². The van der Waals surface area contributed by atoms with E-state index in [0.717, 1.165) is 24.2 Å². The third-order valence-electron chi connectivity index (χ3n) is 2.58. The van der Waals surface area contributed by atoms with Crippen molar-refractivity contribution in [1.29, 1.82) is 0 Å². The quantitative estimate of drug-likeness (QED) is 0.767. The van der Waals surface area contributed by atoms with Crippen LogP contribution in [0.15, 0.2) is 36.4 Å². The van der Waals surface area contributed by atoms with Gasteiger partial charge >= 0.3 is 0 Å². The summed E-state index contributed by atoms with van der Waals surface area (Å²) in [4.78, 5) is 0. The van der Waals surface area contributed by atoms with Crippen molar-refractivity contribution >= 4 is 0 Å². The smallest absolute Gasteiger partial charge is 0.120 e. The number of ether oxygens (including phenoxy) is 1. The maximum Gasteiger partial charge on any atom is 0.120 e. The minimum Gasteiger partial charge on any atom is -0.486 e. The summed E-state index contributed by atoms with van der Waals surface area (Å²) in [7, 11) is 0. The molecule has 0 spiro atoms. The summed E-state index contributed by atoms with van der Waals surface area (Å²) in [5.41, 5.74) is 0.896. The minimum absolute atomic E-state index is 0.0672. The number of allylic oxidation sites excluding steroid dienone is 1. The Morgan fingerprint density at radius 2 is 2.33 bits per heavy atom. The van der Waals surface area contributed by atoms with Crippen molar-refractivity contribution in [2.75, 3.05) is 0 Å². The first-order valence-electron chi connectivity index (χ1n) is 5.41. The van der Waals surface area contributed by atoms with Crippen molar-refractivity contribution < 1.29 is 9.84 Å². The van der Waals surface area contributed by atoms with Crippen LogP contribution in [-0.4, -0.2) is 11.2 Å². The van der Waals surface area contributed by atoms with Crippen LogP contribution in [0, 0.1) is 0 Å². The molecule has 0 radical (unpaired) electrons. The first-order valence-corrected chi connectivity index (χ1v) is 5.41. The molecule has 0 heterocycles. The van der Waals surface area contributed by atoms with Gasteiger partial charge in [-0.05, 0) is 43.0 Å². The van der Waals surface area contributed by atoms with Crippen LogP contribution in [0.1, 0.15) is 24.8 Å². The summed E-state index contributed by atoms with van der Waals surface area (Å²) in [5, 5.41) is 9.00. The van der Waals surface area contributed by atoms with Gasteiger partial charge in [-0.25, -0.2) is 0 Å². The molecule has 1 unspecified atom stereocenters. The van der Waals surface area contributed by atoms with Gasteiger partial charge in [0.05, 0.1) is 6.61 Å². The maximum atomic E-state index is 9.00. The highest BCUT2D eigenvalue weighted by Crippen LogP contribution is 2.19. The van der Waals surface area contributed by atoms with Gasteiger partial charge in [-0.3, -0.25) is 0 Å². The Morgan fingerprint density at radius 3 is 3.07 bits per heavy atom. The van der Waals surface area contributed by atoms with E-state index in [9.17, 15) is 0 Å². The molecule has 1 atom stereocenters. The second-order valence-corrected chi connectivity index (χ2v) is 3.82. The van der Waals surface area contributed by atoms with Crippen molar-refractivity contribution in [3.05, 3.63) is 42.0 Å². The third-order valence-corrected chi connectivity index (χ3v) is 2.58. The number of aliphatic hydroxyl groups is 1. The molecule has 0 bridgehead atoms. The van der Waals surface area contributed by atoms with E-state index in [0.29, 0.717) is 0 Å². The van der Waals surface area contributed by atoms with Crippen LogP contribution in [0.2, 0.25) is 0 Å². The Kier molecular flexibility index (Phi) is 3.41. The zero-order valence-electron chi connectivity index (χ0n) is 8.73. The maximum absolute atomic E-state index is 9.00. The third kappa shape index (κ3) is 2.83. The molecule has 0 saturated carbocycles. The predicted molar refractivity (Wildman–Crippen MR) is 59.8 cm³/mol. The lowest BCUT2D eigenvalue weighted by Gasteiger charge is -2.18. The summed E-state index contributed by atoms with van der Waals surface area (Å²) >= 11 is 0. The molecule has 1 aliphatic rings. The molecule has 0 amide bonds. The number of rotatable bonds is 3. The Bertz CT molecular complexity index is 344. The van der Waals surface area contributed by atoms with Gasteiger partial charge in [0.1, 0.15) is 11.9 Å². The van der Waals surface area contributed by atoms with E-state index in [4.69, 9.17) is 9.84 Å². The fraction of sp³-hybridized carbons (Fsp3) is 0.385. The van der Waals surface area contributed by atoms with Gasteiger partial charge in [0.2, 0.25) is 0 Å². The van der Waals surface area contributed by atoms with Crippen molar-refractivity contribution in [3.8, 4) is 5.75 Å². The van der Waals surface area contributed by atoms with Crippen LogP contribution in [0.5, 0.6) is 5.75 Å². The summed E-state index contributed by atoms with van der Waals surface area (Å²) < 4.78 is 5.80. The fourth-order valence-corrected chi connectivity index (χ4v) is 1.77. The molecule has 0 fully saturated rings. The van der Waals surface area contributed by atoms with Gasteiger partial charge in [0.15, 0.2) is 0 Å². The van der Waals surface area contributed by atoms with Crippen molar-refractivity contribution in [2.24, 2.45) is 0 Å². The van der Waals surface area contributed by atoms with Crippen LogP contribution in [0.25, 0.3) is 0 Å². The van der Waals surface area contributed by atoms with Gasteiger partial charge in [0.25, 0.3) is 0 Å². The Labute approximate surface area is 90.2 Å².